The standard InChI is InChI=1S/C26H31N3O5/c1-18(2)34-21-8-6-19(7-9-21)24(30)22-23(20-5-3-10-27-17-20)29(26(32)25(22)31)12-4-11-28-13-15-33-16-14-28/h3,5-10,17-18,23,30H,4,11-16H2,1-2H3/t23-/m1/s1. The molecule has 0 unspecified atom stereocenters. The molecule has 2 aromatic rings. The minimum absolute atomic E-state index is 0.0211. The summed E-state index contributed by atoms with van der Waals surface area (Å²) in [7, 11) is 0. The molecule has 180 valence electrons. The fourth-order valence-electron chi connectivity index (χ4n) is 4.40. The van der Waals surface area contributed by atoms with Gasteiger partial charge in [-0.3, -0.25) is 19.5 Å². The third-order valence-corrected chi connectivity index (χ3v) is 6.02. The smallest absolute Gasteiger partial charge is 0.295 e. The molecule has 0 bridgehead atoms. The SMILES string of the molecule is CC(C)Oc1ccc(C(O)=C2C(=O)C(=O)N(CCCN3CCOCC3)[C@@H]2c2cccnc2)cc1. The number of ether oxygens (including phenoxy) is 2. The lowest BCUT2D eigenvalue weighted by molar-refractivity contribution is -0.140. The number of nitrogens with zero attached hydrogens (tertiary/aromatic N) is 3. The highest BCUT2D eigenvalue weighted by atomic mass is 16.5. The van der Waals surface area contributed by atoms with Crippen LogP contribution in [0.5, 0.6) is 5.75 Å². The van der Waals surface area contributed by atoms with E-state index in [9.17, 15) is 14.7 Å². The van der Waals surface area contributed by atoms with Gasteiger partial charge in [-0.1, -0.05) is 6.07 Å². The highest BCUT2D eigenvalue weighted by Crippen LogP contribution is 2.39. The second-order valence-electron chi connectivity index (χ2n) is 8.78. The van der Waals surface area contributed by atoms with Crippen molar-refractivity contribution in [2.24, 2.45) is 0 Å². The number of pyridine rings is 1. The number of likely N-dealkylation sites (tertiary alicyclic amines) is 1. The highest BCUT2D eigenvalue weighted by molar-refractivity contribution is 6.46. The fourth-order valence-corrected chi connectivity index (χ4v) is 4.40. The molecule has 0 radical (unpaired) electrons. The molecule has 0 saturated carbocycles. The second kappa shape index (κ2) is 10.8. The van der Waals surface area contributed by atoms with E-state index in [-0.39, 0.29) is 17.4 Å². The van der Waals surface area contributed by atoms with Gasteiger partial charge in [-0.15, -0.1) is 0 Å². The van der Waals surface area contributed by atoms with Gasteiger partial charge in [0.05, 0.1) is 30.9 Å². The molecule has 8 heteroatoms. The molecule has 0 spiro atoms. The number of ketones is 1. The predicted molar refractivity (Wildman–Crippen MR) is 127 cm³/mol. The average molecular weight is 466 g/mol. The van der Waals surface area contributed by atoms with Gasteiger partial charge in [0.25, 0.3) is 11.7 Å². The number of aliphatic hydroxyl groups excluding tert-OH is 1. The second-order valence-corrected chi connectivity index (χ2v) is 8.78. The van der Waals surface area contributed by atoms with Crippen molar-refractivity contribution in [3.63, 3.8) is 0 Å². The third-order valence-electron chi connectivity index (χ3n) is 6.02. The molecular weight excluding hydrogens is 434 g/mol. The molecule has 2 aliphatic heterocycles. The van der Waals surface area contributed by atoms with E-state index in [2.05, 4.69) is 9.88 Å². The first-order chi connectivity index (χ1) is 16.5. The van der Waals surface area contributed by atoms with Gasteiger partial charge in [-0.05, 0) is 56.2 Å². The van der Waals surface area contributed by atoms with Gasteiger partial charge in [-0.2, -0.15) is 0 Å². The number of rotatable bonds is 8. The number of carbonyl (C=O) groups excluding carboxylic acids is 2. The Morgan fingerprint density at radius 2 is 1.88 bits per heavy atom. The topological polar surface area (TPSA) is 92.2 Å². The molecule has 2 saturated heterocycles. The number of hydrogen-bond acceptors (Lipinski definition) is 7. The van der Waals surface area contributed by atoms with Gasteiger partial charge in [0.15, 0.2) is 0 Å². The zero-order chi connectivity index (χ0) is 24.1. The van der Waals surface area contributed by atoms with E-state index in [0.717, 1.165) is 19.6 Å². The molecule has 2 aliphatic rings. The number of Topliss-reactive ketones (excluding diaryl/α,β-unsaturated/α-hetero) is 1. The van der Waals surface area contributed by atoms with Crippen LogP contribution in [0.25, 0.3) is 5.76 Å². The van der Waals surface area contributed by atoms with Crippen molar-refractivity contribution in [1.29, 1.82) is 0 Å². The summed E-state index contributed by atoms with van der Waals surface area (Å²) >= 11 is 0. The van der Waals surface area contributed by atoms with Crippen LogP contribution >= 0.6 is 0 Å². The molecule has 34 heavy (non-hydrogen) atoms. The van der Waals surface area contributed by atoms with E-state index in [1.54, 1.807) is 47.6 Å². The Morgan fingerprint density at radius 1 is 1.15 bits per heavy atom. The van der Waals surface area contributed by atoms with Crippen LogP contribution < -0.4 is 4.74 Å². The number of morpholine rings is 1. The lowest BCUT2D eigenvalue weighted by Crippen LogP contribution is -2.39. The van der Waals surface area contributed by atoms with Crippen LogP contribution in [0.3, 0.4) is 0 Å². The van der Waals surface area contributed by atoms with Crippen LogP contribution in [-0.2, 0) is 14.3 Å². The minimum atomic E-state index is -0.690. The van der Waals surface area contributed by atoms with Gasteiger partial charge in [0.1, 0.15) is 11.5 Å². The maximum atomic E-state index is 13.1. The molecule has 4 rings (SSSR count). The maximum Gasteiger partial charge on any atom is 0.295 e. The average Bonchev–Trinajstić information content (AvgIpc) is 3.10. The number of aliphatic hydroxyl groups is 1. The molecule has 1 N–H and O–H groups in total. The van der Waals surface area contributed by atoms with Crippen LogP contribution in [0.2, 0.25) is 0 Å². The Labute approximate surface area is 199 Å². The first-order valence-corrected chi connectivity index (χ1v) is 11.7. The van der Waals surface area contributed by atoms with Crippen molar-refractivity contribution in [1.82, 2.24) is 14.8 Å². The molecule has 1 aromatic heterocycles. The molecule has 0 aliphatic carbocycles. The minimum Gasteiger partial charge on any atom is -0.507 e. The van der Waals surface area contributed by atoms with Gasteiger partial charge >= 0.3 is 0 Å². The van der Waals surface area contributed by atoms with Gasteiger partial charge < -0.3 is 19.5 Å². The summed E-state index contributed by atoms with van der Waals surface area (Å²) in [4.78, 5) is 34.2. The monoisotopic (exact) mass is 465 g/mol. The van der Waals surface area contributed by atoms with E-state index in [4.69, 9.17) is 9.47 Å². The zero-order valence-electron chi connectivity index (χ0n) is 19.6. The van der Waals surface area contributed by atoms with Crippen molar-refractivity contribution in [3.05, 3.63) is 65.5 Å². The quantitative estimate of drug-likeness (QED) is 0.364. The van der Waals surface area contributed by atoms with Gasteiger partial charge in [0, 0.05) is 44.1 Å². The lowest BCUT2D eigenvalue weighted by Gasteiger charge is -2.29. The van der Waals surface area contributed by atoms with Crippen LogP contribution in [0.4, 0.5) is 0 Å². The Kier molecular flexibility index (Phi) is 7.59. The van der Waals surface area contributed by atoms with E-state index in [1.165, 1.54) is 0 Å². The summed E-state index contributed by atoms with van der Waals surface area (Å²) in [6.07, 6.45) is 4.01. The summed E-state index contributed by atoms with van der Waals surface area (Å²) in [5, 5.41) is 11.2. The molecule has 1 aromatic carbocycles. The van der Waals surface area contributed by atoms with Crippen molar-refractivity contribution in [3.8, 4) is 5.75 Å². The number of hydrogen-bond donors (Lipinski definition) is 1. The zero-order valence-corrected chi connectivity index (χ0v) is 19.6. The molecule has 1 atom stereocenters. The summed E-state index contributed by atoms with van der Waals surface area (Å²) < 4.78 is 11.1. The van der Waals surface area contributed by atoms with Crippen LogP contribution in [0, 0.1) is 0 Å². The molecular formula is C26H31N3O5. The first kappa shape index (κ1) is 23.9. The molecule has 1 amide bonds. The van der Waals surface area contributed by atoms with Gasteiger partial charge in [0.2, 0.25) is 0 Å². The number of aromatic nitrogens is 1. The third kappa shape index (κ3) is 5.29. The molecule has 8 nitrogen and oxygen atoms in total. The number of benzene rings is 1. The number of carbonyl (C=O) groups is 2. The van der Waals surface area contributed by atoms with Crippen molar-refractivity contribution in [2.45, 2.75) is 32.4 Å². The van der Waals surface area contributed by atoms with Crippen LogP contribution in [0.15, 0.2) is 54.4 Å². The normalized spacial score (nSPS) is 20.8. The Morgan fingerprint density at radius 3 is 2.53 bits per heavy atom. The van der Waals surface area contributed by atoms with E-state index in [1.807, 2.05) is 19.9 Å². The van der Waals surface area contributed by atoms with E-state index >= 15 is 0 Å². The van der Waals surface area contributed by atoms with E-state index in [0.29, 0.717) is 43.1 Å². The highest BCUT2D eigenvalue weighted by Gasteiger charge is 2.45. The van der Waals surface area contributed by atoms with Gasteiger partial charge in [-0.25, -0.2) is 0 Å². The Bertz CT molecular complexity index is 1030. The first-order valence-electron chi connectivity index (χ1n) is 11.7. The molecule has 2 fully saturated rings. The van der Waals surface area contributed by atoms with Crippen molar-refractivity contribution < 1.29 is 24.2 Å². The maximum absolute atomic E-state index is 13.1. The number of amides is 1. The van der Waals surface area contributed by atoms with Crippen LogP contribution in [0.1, 0.15) is 37.4 Å². The van der Waals surface area contributed by atoms with E-state index < -0.39 is 17.7 Å². The molecule has 3 heterocycles. The Balaban J connectivity index is 1.62. The largest absolute Gasteiger partial charge is 0.507 e. The summed E-state index contributed by atoms with van der Waals surface area (Å²) in [5.74, 6) is -0.810. The Hall–Kier alpha value is -3.23. The summed E-state index contributed by atoms with van der Waals surface area (Å²) in [5.41, 5.74) is 1.23. The predicted octanol–water partition coefficient (Wildman–Crippen LogP) is 3.01. The van der Waals surface area contributed by atoms with Crippen molar-refractivity contribution >= 4 is 17.4 Å². The lowest BCUT2D eigenvalue weighted by atomic mass is 9.96. The summed E-state index contributed by atoms with van der Waals surface area (Å²) in [6, 6.07) is 9.77. The van der Waals surface area contributed by atoms with Crippen molar-refractivity contribution in [2.75, 3.05) is 39.4 Å². The van der Waals surface area contributed by atoms with Crippen LogP contribution in [-0.4, -0.2) is 77.1 Å². The summed E-state index contributed by atoms with van der Waals surface area (Å²) in [6.45, 7) is 8.22. The fraction of sp³-hybridized carbons (Fsp3) is 0.423.